The lowest BCUT2D eigenvalue weighted by Gasteiger charge is -2.10. The Morgan fingerprint density at radius 1 is 1.15 bits per heavy atom. The maximum atomic E-state index is 13.5. The van der Waals surface area contributed by atoms with Crippen molar-refractivity contribution in [1.29, 1.82) is 0 Å². The highest BCUT2D eigenvalue weighted by molar-refractivity contribution is 5.66. The van der Waals surface area contributed by atoms with Crippen molar-refractivity contribution in [2.75, 3.05) is 11.9 Å². The van der Waals surface area contributed by atoms with E-state index in [1.807, 2.05) is 19.9 Å². The molecule has 0 aliphatic rings. The Morgan fingerprint density at radius 2 is 1.95 bits per heavy atom. The number of halogens is 1. The van der Waals surface area contributed by atoms with Crippen LogP contribution >= 0.6 is 0 Å². The van der Waals surface area contributed by atoms with Gasteiger partial charge < -0.3 is 5.32 Å². The molecule has 0 radical (unpaired) electrons. The van der Waals surface area contributed by atoms with Gasteiger partial charge in [0.15, 0.2) is 0 Å². The maximum absolute atomic E-state index is 13.5. The van der Waals surface area contributed by atoms with E-state index in [1.54, 1.807) is 6.07 Å². The Bertz CT molecular complexity index is 596. The molecule has 0 saturated heterocycles. The van der Waals surface area contributed by atoms with Crippen molar-refractivity contribution in [3.8, 4) is 11.3 Å². The number of nitrogens with zero attached hydrogens (tertiary/aromatic N) is 2. The van der Waals surface area contributed by atoms with Gasteiger partial charge in [0.1, 0.15) is 17.5 Å². The number of rotatable bonds is 5. The molecule has 106 valence electrons. The average Bonchev–Trinajstić information content (AvgIpc) is 2.47. The molecule has 2 aromatic rings. The molecular formula is C16H20FN3. The van der Waals surface area contributed by atoms with Gasteiger partial charge in [-0.2, -0.15) is 0 Å². The van der Waals surface area contributed by atoms with Gasteiger partial charge in [0.2, 0.25) is 0 Å². The number of anilines is 1. The Hall–Kier alpha value is -1.97. The molecule has 3 nitrogen and oxygen atoms in total. The van der Waals surface area contributed by atoms with Gasteiger partial charge in [-0.1, -0.05) is 19.9 Å². The molecule has 0 atom stereocenters. The zero-order valence-corrected chi connectivity index (χ0v) is 12.2. The van der Waals surface area contributed by atoms with Crippen LogP contribution in [0.4, 0.5) is 10.2 Å². The Kier molecular flexibility index (Phi) is 4.66. The molecule has 2 rings (SSSR count). The van der Waals surface area contributed by atoms with Crippen LogP contribution in [0.3, 0.4) is 0 Å². The van der Waals surface area contributed by atoms with E-state index in [2.05, 4.69) is 22.2 Å². The van der Waals surface area contributed by atoms with E-state index in [1.165, 1.54) is 12.1 Å². The summed E-state index contributed by atoms with van der Waals surface area (Å²) in [5.74, 6) is 1.33. The number of nitrogens with one attached hydrogen (secondary N) is 1. The van der Waals surface area contributed by atoms with Gasteiger partial charge in [-0.25, -0.2) is 14.4 Å². The molecule has 1 aromatic carbocycles. The predicted molar refractivity (Wildman–Crippen MR) is 80.3 cm³/mol. The van der Waals surface area contributed by atoms with Gasteiger partial charge in [0.05, 0.1) is 5.69 Å². The van der Waals surface area contributed by atoms with Crippen LogP contribution in [0.5, 0.6) is 0 Å². The van der Waals surface area contributed by atoms with Crippen molar-refractivity contribution >= 4 is 5.82 Å². The molecule has 4 heteroatoms. The van der Waals surface area contributed by atoms with Crippen LogP contribution in [0, 0.1) is 12.7 Å². The van der Waals surface area contributed by atoms with Crippen molar-refractivity contribution in [3.63, 3.8) is 0 Å². The first-order chi connectivity index (χ1) is 9.63. The molecule has 0 fully saturated rings. The summed E-state index contributed by atoms with van der Waals surface area (Å²) in [6, 6.07) is 6.66. The first-order valence-corrected chi connectivity index (χ1v) is 7.02. The van der Waals surface area contributed by atoms with Crippen LogP contribution in [0.15, 0.2) is 24.3 Å². The molecule has 1 heterocycles. The van der Waals surface area contributed by atoms with Crippen molar-refractivity contribution in [3.05, 3.63) is 41.5 Å². The highest BCUT2D eigenvalue weighted by Crippen LogP contribution is 2.24. The van der Waals surface area contributed by atoms with Crippen LogP contribution in [-0.2, 0) is 6.42 Å². The van der Waals surface area contributed by atoms with E-state index in [9.17, 15) is 4.39 Å². The largest absolute Gasteiger partial charge is 0.370 e. The maximum Gasteiger partial charge on any atom is 0.131 e. The monoisotopic (exact) mass is 273 g/mol. The summed E-state index contributed by atoms with van der Waals surface area (Å²) in [6.07, 6.45) is 1.78. The van der Waals surface area contributed by atoms with E-state index in [0.29, 0.717) is 0 Å². The summed E-state index contributed by atoms with van der Waals surface area (Å²) in [4.78, 5) is 8.97. The average molecular weight is 273 g/mol. The van der Waals surface area contributed by atoms with Gasteiger partial charge >= 0.3 is 0 Å². The second kappa shape index (κ2) is 6.46. The summed E-state index contributed by atoms with van der Waals surface area (Å²) >= 11 is 0. The Labute approximate surface area is 119 Å². The minimum Gasteiger partial charge on any atom is -0.370 e. The van der Waals surface area contributed by atoms with Gasteiger partial charge in [-0.3, -0.25) is 0 Å². The molecule has 0 aliphatic carbocycles. The number of aryl methyl sites for hydroxylation is 2. The first kappa shape index (κ1) is 14.4. The summed E-state index contributed by atoms with van der Waals surface area (Å²) < 4.78 is 13.5. The van der Waals surface area contributed by atoms with E-state index >= 15 is 0 Å². The lowest BCUT2D eigenvalue weighted by atomic mass is 10.1. The number of aromatic nitrogens is 2. The van der Waals surface area contributed by atoms with E-state index in [0.717, 1.165) is 47.8 Å². The van der Waals surface area contributed by atoms with Crippen molar-refractivity contribution in [2.24, 2.45) is 0 Å². The molecule has 0 amide bonds. The zero-order valence-electron chi connectivity index (χ0n) is 12.2. The van der Waals surface area contributed by atoms with E-state index < -0.39 is 0 Å². The molecular weight excluding hydrogens is 253 g/mol. The highest BCUT2D eigenvalue weighted by Gasteiger charge is 2.09. The third kappa shape index (κ3) is 3.32. The summed E-state index contributed by atoms with van der Waals surface area (Å²) in [7, 11) is 0. The Morgan fingerprint density at radius 3 is 2.65 bits per heavy atom. The van der Waals surface area contributed by atoms with Crippen LogP contribution in [0.25, 0.3) is 11.3 Å². The molecule has 20 heavy (non-hydrogen) atoms. The van der Waals surface area contributed by atoms with Crippen molar-refractivity contribution in [1.82, 2.24) is 9.97 Å². The first-order valence-electron chi connectivity index (χ1n) is 7.02. The fourth-order valence-corrected chi connectivity index (χ4v) is 2.01. The van der Waals surface area contributed by atoms with Gasteiger partial charge in [-0.05, 0) is 31.0 Å². The minimum absolute atomic E-state index is 0.245. The second-order valence-corrected chi connectivity index (χ2v) is 4.79. The van der Waals surface area contributed by atoms with Crippen LogP contribution < -0.4 is 5.32 Å². The lowest BCUT2D eigenvalue weighted by molar-refractivity contribution is 0.628. The summed E-state index contributed by atoms with van der Waals surface area (Å²) in [6.45, 7) is 6.94. The fraction of sp³-hybridized carbons (Fsp3) is 0.375. The van der Waals surface area contributed by atoms with Crippen LogP contribution in [0.1, 0.15) is 31.7 Å². The Balaban J connectivity index is 2.46. The molecule has 0 aliphatic heterocycles. The van der Waals surface area contributed by atoms with Crippen LogP contribution in [-0.4, -0.2) is 16.5 Å². The summed E-state index contributed by atoms with van der Waals surface area (Å²) in [5, 5.41) is 3.27. The zero-order chi connectivity index (χ0) is 14.5. The second-order valence-electron chi connectivity index (χ2n) is 4.79. The third-order valence-electron chi connectivity index (χ3n) is 3.12. The fourth-order valence-electron chi connectivity index (χ4n) is 2.01. The van der Waals surface area contributed by atoms with E-state index in [4.69, 9.17) is 0 Å². The molecule has 0 bridgehead atoms. The van der Waals surface area contributed by atoms with Gasteiger partial charge in [0.25, 0.3) is 0 Å². The van der Waals surface area contributed by atoms with Crippen molar-refractivity contribution in [2.45, 2.75) is 33.6 Å². The quantitative estimate of drug-likeness (QED) is 0.895. The third-order valence-corrected chi connectivity index (χ3v) is 3.12. The van der Waals surface area contributed by atoms with Gasteiger partial charge in [0, 0.05) is 24.6 Å². The molecule has 1 aromatic heterocycles. The van der Waals surface area contributed by atoms with E-state index in [-0.39, 0.29) is 5.82 Å². The molecule has 1 N–H and O–H groups in total. The number of hydrogen-bond acceptors (Lipinski definition) is 3. The van der Waals surface area contributed by atoms with Crippen LogP contribution in [0.2, 0.25) is 0 Å². The molecule has 0 unspecified atom stereocenters. The van der Waals surface area contributed by atoms with Crippen molar-refractivity contribution < 1.29 is 4.39 Å². The number of hydrogen-bond donors (Lipinski definition) is 1. The SMILES string of the molecule is CCCNc1cc(-c2cc(F)ccc2C)nc(CC)n1. The highest BCUT2D eigenvalue weighted by atomic mass is 19.1. The standard InChI is InChI=1S/C16H20FN3/c1-4-8-18-16-10-14(19-15(5-2)20-16)13-9-12(17)7-6-11(13)3/h6-7,9-10H,4-5,8H2,1-3H3,(H,18,19,20). The minimum atomic E-state index is -0.245. The lowest BCUT2D eigenvalue weighted by Crippen LogP contribution is -2.06. The number of benzene rings is 1. The molecule has 0 saturated carbocycles. The predicted octanol–water partition coefficient (Wildman–Crippen LogP) is 3.98. The molecule has 0 spiro atoms. The summed E-state index contributed by atoms with van der Waals surface area (Å²) in [5.41, 5.74) is 2.60. The smallest absolute Gasteiger partial charge is 0.131 e. The van der Waals surface area contributed by atoms with Gasteiger partial charge in [-0.15, -0.1) is 0 Å². The normalized spacial score (nSPS) is 10.6. The topological polar surface area (TPSA) is 37.8 Å².